The van der Waals surface area contributed by atoms with Crippen LogP contribution in [0.4, 0.5) is 0 Å². The highest BCUT2D eigenvalue weighted by Crippen LogP contribution is 2.36. The smallest absolute Gasteiger partial charge is 0.269 e. The molecule has 4 rings (SSSR count). The summed E-state index contributed by atoms with van der Waals surface area (Å²) < 4.78 is 0. The molecule has 0 aliphatic carbocycles. The van der Waals surface area contributed by atoms with Crippen LogP contribution in [0, 0.1) is 16.7 Å². The van der Waals surface area contributed by atoms with E-state index in [4.69, 9.17) is 5.26 Å². The summed E-state index contributed by atoms with van der Waals surface area (Å²) >= 11 is 0. The second-order valence-electron chi connectivity index (χ2n) is 7.92. The Morgan fingerprint density at radius 1 is 1.16 bits per heavy atom. The van der Waals surface area contributed by atoms with Crippen LogP contribution in [-0.4, -0.2) is 32.5 Å². The van der Waals surface area contributed by atoms with E-state index < -0.39 is 5.41 Å². The standard InChI is InChI=1S/C24H21N5O2/c1-24(2,13-25)14-27-23(31)19-10-6-9-18(28-19)16-11-17-21(30)20(29-22(17)26-12-16)15-7-4-3-5-8-15/h3-12,30H,14H2,1-2H3,(H,26,29)(H,27,31). The number of amides is 1. The molecule has 0 atom stereocenters. The van der Waals surface area contributed by atoms with Crippen molar-refractivity contribution < 1.29 is 9.90 Å². The van der Waals surface area contributed by atoms with Crippen molar-refractivity contribution in [2.24, 2.45) is 5.41 Å². The molecule has 0 aliphatic rings. The highest BCUT2D eigenvalue weighted by molar-refractivity contribution is 5.95. The van der Waals surface area contributed by atoms with E-state index in [1.807, 2.05) is 30.3 Å². The van der Waals surface area contributed by atoms with Gasteiger partial charge < -0.3 is 15.4 Å². The van der Waals surface area contributed by atoms with Gasteiger partial charge in [0.1, 0.15) is 11.3 Å². The third-order valence-corrected chi connectivity index (χ3v) is 4.96. The van der Waals surface area contributed by atoms with Crippen LogP contribution >= 0.6 is 0 Å². The van der Waals surface area contributed by atoms with Crippen LogP contribution in [0.15, 0.2) is 60.8 Å². The Hall–Kier alpha value is -4.18. The Morgan fingerprint density at radius 3 is 2.68 bits per heavy atom. The Kier molecular flexibility index (Phi) is 5.14. The van der Waals surface area contributed by atoms with Crippen LogP contribution in [0.3, 0.4) is 0 Å². The Labute approximate surface area is 179 Å². The molecular formula is C24H21N5O2. The van der Waals surface area contributed by atoms with Gasteiger partial charge in [-0.3, -0.25) is 4.79 Å². The van der Waals surface area contributed by atoms with Crippen molar-refractivity contribution in [2.75, 3.05) is 6.54 Å². The van der Waals surface area contributed by atoms with Crippen molar-refractivity contribution in [1.82, 2.24) is 20.3 Å². The zero-order chi connectivity index (χ0) is 22.0. The first-order valence-electron chi connectivity index (χ1n) is 9.81. The maximum atomic E-state index is 12.5. The molecule has 0 saturated carbocycles. The van der Waals surface area contributed by atoms with Crippen LogP contribution in [0.5, 0.6) is 5.75 Å². The second-order valence-corrected chi connectivity index (χ2v) is 7.92. The summed E-state index contributed by atoms with van der Waals surface area (Å²) in [5.41, 5.74) is 2.84. The number of H-pyrrole nitrogens is 1. The van der Waals surface area contributed by atoms with Crippen molar-refractivity contribution in [3.63, 3.8) is 0 Å². The molecule has 154 valence electrons. The fourth-order valence-corrected chi connectivity index (χ4v) is 3.16. The van der Waals surface area contributed by atoms with Crippen molar-refractivity contribution in [3.8, 4) is 34.3 Å². The van der Waals surface area contributed by atoms with Gasteiger partial charge in [-0.25, -0.2) is 9.97 Å². The molecule has 3 heterocycles. The lowest BCUT2D eigenvalue weighted by Gasteiger charge is -2.15. The summed E-state index contributed by atoms with van der Waals surface area (Å²) in [6, 6.07) is 18.6. The Balaban J connectivity index is 1.65. The number of fused-ring (bicyclic) bond motifs is 1. The molecule has 0 radical (unpaired) electrons. The molecule has 1 amide bonds. The lowest BCUT2D eigenvalue weighted by Crippen LogP contribution is -2.33. The van der Waals surface area contributed by atoms with E-state index in [-0.39, 0.29) is 23.9 Å². The topological polar surface area (TPSA) is 115 Å². The summed E-state index contributed by atoms with van der Waals surface area (Å²) in [6.07, 6.45) is 1.65. The highest BCUT2D eigenvalue weighted by atomic mass is 16.3. The van der Waals surface area contributed by atoms with E-state index in [2.05, 4.69) is 26.3 Å². The number of hydrogen-bond donors (Lipinski definition) is 3. The molecule has 0 fully saturated rings. The molecule has 0 saturated heterocycles. The van der Waals surface area contributed by atoms with Gasteiger partial charge >= 0.3 is 0 Å². The summed E-state index contributed by atoms with van der Waals surface area (Å²) in [6.45, 7) is 3.73. The number of carbonyl (C=O) groups excluding carboxylic acids is 1. The van der Waals surface area contributed by atoms with E-state index in [0.29, 0.717) is 28.0 Å². The third-order valence-electron chi connectivity index (χ3n) is 4.96. The number of aromatic amines is 1. The average molecular weight is 411 g/mol. The number of pyridine rings is 2. The number of hydrogen-bond acceptors (Lipinski definition) is 5. The number of nitrogens with zero attached hydrogens (tertiary/aromatic N) is 3. The van der Waals surface area contributed by atoms with E-state index in [1.165, 1.54) is 0 Å². The lowest BCUT2D eigenvalue weighted by molar-refractivity contribution is 0.0939. The molecule has 31 heavy (non-hydrogen) atoms. The summed E-state index contributed by atoms with van der Waals surface area (Å²) in [4.78, 5) is 24.5. The minimum atomic E-state index is -0.662. The molecule has 4 aromatic rings. The minimum absolute atomic E-state index is 0.114. The Morgan fingerprint density at radius 2 is 1.94 bits per heavy atom. The largest absolute Gasteiger partial charge is 0.505 e. The zero-order valence-corrected chi connectivity index (χ0v) is 17.2. The maximum absolute atomic E-state index is 12.5. The minimum Gasteiger partial charge on any atom is -0.505 e. The summed E-state index contributed by atoms with van der Waals surface area (Å²) in [5.74, 6) is -0.238. The number of aromatic nitrogens is 3. The molecule has 0 aliphatic heterocycles. The van der Waals surface area contributed by atoms with Gasteiger partial charge in [-0.1, -0.05) is 36.4 Å². The lowest BCUT2D eigenvalue weighted by atomic mass is 9.96. The molecule has 3 N–H and O–H groups in total. The fraction of sp³-hybridized carbons (Fsp3) is 0.167. The number of aromatic hydroxyl groups is 1. The van der Waals surface area contributed by atoms with E-state index >= 15 is 0 Å². The first-order valence-corrected chi connectivity index (χ1v) is 9.81. The highest BCUT2D eigenvalue weighted by Gasteiger charge is 2.19. The number of benzene rings is 1. The molecule has 3 aromatic heterocycles. The molecule has 1 aromatic carbocycles. The van der Waals surface area contributed by atoms with Gasteiger partial charge in [0.25, 0.3) is 5.91 Å². The first kappa shape index (κ1) is 20.1. The quantitative estimate of drug-likeness (QED) is 0.453. The van der Waals surface area contributed by atoms with Gasteiger partial charge in [-0.2, -0.15) is 5.26 Å². The summed E-state index contributed by atoms with van der Waals surface area (Å²) in [7, 11) is 0. The van der Waals surface area contributed by atoms with Crippen LogP contribution in [0.2, 0.25) is 0 Å². The van der Waals surface area contributed by atoms with Gasteiger partial charge in [0.05, 0.1) is 28.3 Å². The van der Waals surface area contributed by atoms with Crippen molar-refractivity contribution in [1.29, 1.82) is 5.26 Å². The van der Waals surface area contributed by atoms with Gasteiger partial charge in [0.2, 0.25) is 0 Å². The van der Waals surface area contributed by atoms with Gasteiger partial charge in [0, 0.05) is 23.9 Å². The second kappa shape index (κ2) is 7.92. The average Bonchev–Trinajstić information content (AvgIpc) is 3.14. The number of rotatable bonds is 5. The SMILES string of the molecule is CC(C)(C#N)CNC(=O)c1cccc(-c2cnc3[nH]c(-c4ccccc4)c(O)c3c2)n1. The third kappa shape index (κ3) is 4.09. The van der Waals surface area contributed by atoms with E-state index in [1.54, 1.807) is 44.3 Å². The predicted molar refractivity (Wildman–Crippen MR) is 118 cm³/mol. The summed E-state index contributed by atoms with van der Waals surface area (Å²) in [5, 5.41) is 23.2. The normalized spacial score (nSPS) is 11.3. The molecule has 7 nitrogen and oxygen atoms in total. The molecule has 7 heteroatoms. The van der Waals surface area contributed by atoms with Gasteiger partial charge in [-0.15, -0.1) is 0 Å². The molecule has 0 unspecified atom stereocenters. The van der Waals surface area contributed by atoms with Gasteiger partial charge in [0.15, 0.2) is 5.75 Å². The maximum Gasteiger partial charge on any atom is 0.269 e. The predicted octanol–water partition coefficient (Wildman–Crippen LogP) is 4.28. The fourth-order valence-electron chi connectivity index (χ4n) is 3.16. The zero-order valence-electron chi connectivity index (χ0n) is 17.2. The van der Waals surface area contributed by atoms with Crippen LogP contribution in [-0.2, 0) is 0 Å². The molecule has 0 spiro atoms. The molecular weight excluding hydrogens is 390 g/mol. The number of nitriles is 1. The van der Waals surface area contributed by atoms with Crippen LogP contribution in [0.25, 0.3) is 33.5 Å². The van der Waals surface area contributed by atoms with E-state index in [0.717, 1.165) is 5.56 Å². The van der Waals surface area contributed by atoms with Gasteiger partial charge in [-0.05, 0) is 32.0 Å². The van der Waals surface area contributed by atoms with Crippen molar-refractivity contribution in [3.05, 3.63) is 66.5 Å². The van der Waals surface area contributed by atoms with Crippen LogP contribution in [0.1, 0.15) is 24.3 Å². The first-order chi connectivity index (χ1) is 14.9. The van der Waals surface area contributed by atoms with Crippen molar-refractivity contribution >= 4 is 16.9 Å². The molecule has 0 bridgehead atoms. The van der Waals surface area contributed by atoms with Crippen molar-refractivity contribution in [2.45, 2.75) is 13.8 Å². The number of nitrogens with one attached hydrogen (secondary N) is 2. The van der Waals surface area contributed by atoms with Crippen LogP contribution < -0.4 is 5.32 Å². The Bertz CT molecular complexity index is 1300. The monoisotopic (exact) mass is 411 g/mol. The number of carbonyl (C=O) groups is 1. The van der Waals surface area contributed by atoms with E-state index in [9.17, 15) is 9.90 Å².